The van der Waals surface area contributed by atoms with Crippen LogP contribution in [0.25, 0.3) is 0 Å². The maximum atomic E-state index is 14.1. The van der Waals surface area contributed by atoms with E-state index in [9.17, 15) is 9.50 Å². The molecule has 2 nitrogen and oxygen atoms in total. The summed E-state index contributed by atoms with van der Waals surface area (Å²) in [4.78, 5) is 0. The number of halogens is 2. The molecule has 21 heavy (non-hydrogen) atoms. The van der Waals surface area contributed by atoms with Crippen LogP contribution >= 0.6 is 15.9 Å². The summed E-state index contributed by atoms with van der Waals surface area (Å²) in [7, 11) is 0. The van der Waals surface area contributed by atoms with Gasteiger partial charge >= 0.3 is 0 Å². The first-order valence-electron chi connectivity index (χ1n) is 7.00. The Balaban J connectivity index is 1.83. The minimum atomic E-state index is -0.821. The van der Waals surface area contributed by atoms with Crippen LogP contribution in [0.2, 0.25) is 0 Å². The van der Waals surface area contributed by atoms with Crippen molar-refractivity contribution in [3.05, 3.63) is 63.9 Å². The van der Waals surface area contributed by atoms with Crippen LogP contribution in [0.3, 0.4) is 0 Å². The molecule has 0 bridgehead atoms. The molecule has 4 heteroatoms. The van der Waals surface area contributed by atoms with Crippen molar-refractivity contribution in [2.45, 2.75) is 24.9 Å². The number of para-hydroxylation sites is 1. The van der Waals surface area contributed by atoms with Crippen molar-refractivity contribution in [3.8, 4) is 5.75 Å². The molecule has 2 atom stereocenters. The Morgan fingerprint density at radius 3 is 2.90 bits per heavy atom. The zero-order valence-corrected chi connectivity index (χ0v) is 13.0. The zero-order valence-electron chi connectivity index (χ0n) is 11.4. The van der Waals surface area contributed by atoms with Gasteiger partial charge in [0.2, 0.25) is 0 Å². The molecule has 1 N–H and O–H groups in total. The summed E-state index contributed by atoms with van der Waals surface area (Å²) in [6.07, 6.45) is 0.510. The molecule has 0 saturated heterocycles. The largest absolute Gasteiger partial charge is 0.493 e. The third kappa shape index (κ3) is 2.97. The predicted molar refractivity (Wildman–Crippen MR) is 83.0 cm³/mol. The molecule has 0 aromatic heterocycles. The van der Waals surface area contributed by atoms with E-state index >= 15 is 0 Å². The first-order chi connectivity index (χ1) is 10.2. The van der Waals surface area contributed by atoms with Crippen LogP contribution in [0.1, 0.15) is 36.0 Å². The Morgan fingerprint density at radius 1 is 1.24 bits per heavy atom. The molecule has 0 fully saturated rings. The standard InChI is InChI=1S/C17H16BrFO2/c18-14-6-3-5-13(17(14)19)15(20)10-11-8-9-21-16-7-2-1-4-12(11)16/h1-7,11,15,20H,8-10H2. The Labute approximate surface area is 131 Å². The molecule has 1 aliphatic heterocycles. The molecule has 1 aliphatic rings. The van der Waals surface area contributed by atoms with E-state index < -0.39 is 6.10 Å². The number of hydrogen-bond acceptors (Lipinski definition) is 2. The van der Waals surface area contributed by atoms with E-state index in [4.69, 9.17) is 4.74 Å². The molecular formula is C17H16BrFO2. The summed E-state index contributed by atoms with van der Waals surface area (Å²) in [6, 6.07) is 12.9. The molecule has 2 aromatic carbocycles. The topological polar surface area (TPSA) is 29.5 Å². The van der Waals surface area contributed by atoms with Crippen LogP contribution in [0.4, 0.5) is 4.39 Å². The second-order valence-corrected chi connectivity index (χ2v) is 6.12. The summed E-state index contributed by atoms with van der Waals surface area (Å²) in [5.74, 6) is 0.671. The van der Waals surface area contributed by atoms with Crippen LogP contribution in [0.15, 0.2) is 46.9 Å². The van der Waals surface area contributed by atoms with Crippen molar-refractivity contribution in [3.63, 3.8) is 0 Å². The van der Waals surface area contributed by atoms with Crippen molar-refractivity contribution in [1.82, 2.24) is 0 Å². The van der Waals surface area contributed by atoms with Crippen molar-refractivity contribution < 1.29 is 14.2 Å². The van der Waals surface area contributed by atoms with Gasteiger partial charge in [0.25, 0.3) is 0 Å². The maximum absolute atomic E-state index is 14.1. The lowest BCUT2D eigenvalue weighted by Crippen LogP contribution is -2.17. The average Bonchev–Trinajstić information content (AvgIpc) is 2.50. The first-order valence-corrected chi connectivity index (χ1v) is 7.80. The van der Waals surface area contributed by atoms with Gasteiger partial charge in [-0.1, -0.05) is 30.3 Å². The molecule has 110 valence electrons. The summed E-state index contributed by atoms with van der Waals surface area (Å²) in [5.41, 5.74) is 1.44. The lowest BCUT2D eigenvalue weighted by atomic mass is 9.86. The summed E-state index contributed by atoms with van der Waals surface area (Å²) >= 11 is 3.16. The van der Waals surface area contributed by atoms with E-state index in [1.54, 1.807) is 18.2 Å². The molecule has 0 aliphatic carbocycles. The molecule has 0 radical (unpaired) electrons. The highest BCUT2D eigenvalue weighted by Crippen LogP contribution is 2.39. The van der Waals surface area contributed by atoms with Gasteiger partial charge in [0.1, 0.15) is 11.6 Å². The van der Waals surface area contributed by atoms with Crippen LogP contribution in [-0.4, -0.2) is 11.7 Å². The molecular weight excluding hydrogens is 335 g/mol. The molecule has 0 saturated carbocycles. The van der Waals surface area contributed by atoms with E-state index in [1.807, 2.05) is 24.3 Å². The van der Waals surface area contributed by atoms with Gasteiger partial charge in [0.15, 0.2) is 0 Å². The van der Waals surface area contributed by atoms with Gasteiger partial charge < -0.3 is 9.84 Å². The Hall–Kier alpha value is -1.39. The maximum Gasteiger partial charge on any atom is 0.143 e. The molecule has 1 heterocycles. The van der Waals surface area contributed by atoms with Gasteiger partial charge in [-0.25, -0.2) is 4.39 Å². The van der Waals surface area contributed by atoms with E-state index in [0.717, 1.165) is 17.7 Å². The normalized spacial score (nSPS) is 18.7. The number of benzene rings is 2. The van der Waals surface area contributed by atoms with E-state index in [2.05, 4.69) is 15.9 Å². The Morgan fingerprint density at radius 2 is 2.05 bits per heavy atom. The van der Waals surface area contributed by atoms with Crippen LogP contribution in [-0.2, 0) is 0 Å². The monoisotopic (exact) mass is 350 g/mol. The lowest BCUT2D eigenvalue weighted by molar-refractivity contribution is 0.141. The van der Waals surface area contributed by atoms with Crippen LogP contribution in [0.5, 0.6) is 5.75 Å². The predicted octanol–water partition coefficient (Wildman–Crippen LogP) is 4.58. The number of ether oxygens (including phenoxy) is 1. The van der Waals surface area contributed by atoms with Crippen molar-refractivity contribution in [2.24, 2.45) is 0 Å². The highest BCUT2D eigenvalue weighted by atomic mass is 79.9. The molecule has 0 amide bonds. The molecule has 0 spiro atoms. The number of rotatable bonds is 3. The second-order valence-electron chi connectivity index (χ2n) is 5.27. The van der Waals surface area contributed by atoms with Crippen molar-refractivity contribution in [2.75, 3.05) is 6.61 Å². The molecule has 2 unspecified atom stereocenters. The van der Waals surface area contributed by atoms with Gasteiger partial charge in [-0.3, -0.25) is 0 Å². The third-order valence-electron chi connectivity index (χ3n) is 3.93. The van der Waals surface area contributed by atoms with Crippen LogP contribution in [0, 0.1) is 5.82 Å². The zero-order chi connectivity index (χ0) is 14.8. The quantitative estimate of drug-likeness (QED) is 0.877. The minimum absolute atomic E-state index is 0.184. The fourth-order valence-electron chi connectivity index (χ4n) is 2.84. The van der Waals surface area contributed by atoms with E-state index in [-0.39, 0.29) is 11.7 Å². The fourth-order valence-corrected chi connectivity index (χ4v) is 3.22. The fraction of sp³-hybridized carbons (Fsp3) is 0.294. The van der Waals surface area contributed by atoms with Crippen molar-refractivity contribution in [1.29, 1.82) is 0 Å². The number of aliphatic hydroxyl groups is 1. The lowest BCUT2D eigenvalue weighted by Gasteiger charge is -2.27. The van der Waals surface area contributed by atoms with E-state index in [1.165, 1.54) is 0 Å². The minimum Gasteiger partial charge on any atom is -0.493 e. The average molecular weight is 351 g/mol. The highest BCUT2D eigenvalue weighted by Gasteiger charge is 2.25. The van der Waals surface area contributed by atoms with Gasteiger partial charge in [-0.05, 0) is 52.4 Å². The SMILES string of the molecule is OC(CC1CCOc2ccccc21)c1cccc(Br)c1F. The molecule has 3 rings (SSSR count). The van der Waals surface area contributed by atoms with Gasteiger partial charge in [0, 0.05) is 5.56 Å². The van der Waals surface area contributed by atoms with Gasteiger partial charge in [0.05, 0.1) is 17.2 Å². The summed E-state index contributed by atoms with van der Waals surface area (Å²) in [5, 5.41) is 10.4. The molecule has 2 aromatic rings. The summed E-state index contributed by atoms with van der Waals surface area (Å²) in [6.45, 7) is 0.634. The van der Waals surface area contributed by atoms with Gasteiger partial charge in [-0.15, -0.1) is 0 Å². The third-order valence-corrected chi connectivity index (χ3v) is 4.54. The van der Waals surface area contributed by atoms with E-state index in [0.29, 0.717) is 23.1 Å². The number of hydrogen-bond donors (Lipinski definition) is 1. The highest BCUT2D eigenvalue weighted by molar-refractivity contribution is 9.10. The number of fused-ring (bicyclic) bond motifs is 1. The summed E-state index contributed by atoms with van der Waals surface area (Å²) < 4.78 is 20.1. The Bertz CT molecular complexity index is 644. The van der Waals surface area contributed by atoms with Crippen molar-refractivity contribution >= 4 is 15.9 Å². The number of aliphatic hydroxyl groups excluding tert-OH is 1. The second kappa shape index (κ2) is 6.16. The first kappa shape index (κ1) is 14.5. The van der Waals surface area contributed by atoms with Gasteiger partial charge in [-0.2, -0.15) is 0 Å². The smallest absolute Gasteiger partial charge is 0.143 e. The Kier molecular flexibility index (Phi) is 4.27. The van der Waals surface area contributed by atoms with Crippen LogP contribution < -0.4 is 4.74 Å².